The smallest absolute Gasteiger partial charge is 0.0366 e. The summed E-state index contributed by atoms with van der Waals surface area (Å²) in [5, 5.41) is 1.53. The van der Waals surface area contributed by atoms with Gasteiger partial charge in [-0.3, -0.25) is 0 Å². The van der Waals surface area contributed by atoms with Crippen LogP contribution in [0, 0.1) is 5.92 Å². The first kappa shape index (κ1) is 7.69. The van der Waals surface area contributed by atoms with Gasteiger partial charge in [0.05, 0.1) is 0 Å². The van der Waals surface area contributed by atoms with Crippen LogP contribution in [0.5, 0.6) is 0 Å². The molecule has 1 aromatic carbocycles. The summed E-state index contributed by atoms with van der Waals surface area (Å²) in [4.78, 5) is 0. The lowest BCUT2D eigenvalue weighted by atomic mass is 9.99. The maximum Gasteiger partial charge on any atom is 0.0366 e. The lowest BCUT2D eigenvalue weighted by Gasteiger charge is -2.17. The largest absolute Gasteiger partial charge is 0.146 e. The van der Waals surface area contributed by atoms with Gasteiger partial charge in [0.2, 0.25) is 0 Å². The molecule has 0 spiro atoms. The van der Waals surface area contributed by atoms with E-state index in [-0.39, 0.29) is 0 Å². The Bertz CT molecular complexity index is 328. The van der Waals surface area contributed by atoms with Crippen LogP contribution < -0.4 is 0 Å². The van der Waals surface area contributed by atoms with Crippen LogP contribution in [0.15, 0.2) is 42.5 Å². The number of rotatable bonds is 1. The van der Waals surface area contributed by atoms with Crippen molar-refractivity contribution in [2.24, 2.45) is 5.92 Å². The topological polar surface area (TPSA) is 0 Å². The molecule has 1 aliphatic heterocycles. The molecule has 1 saturated heterocycles. The zero-order chi connectivity index (χ0) is 8.67. The van der Waals surface area contributed by atoms with Gasteiger partial charge in [-0.2, -0.15) is 0 Å². The Balaban J connectivity index is 1.92. The van der Waals surface area contributed by atoms with E-state index in [0.717, 1.165) is 16.4 Å². The molecule has 0 nitrogen and oxygen atoms in total. The molecule has 13 heavy (non-hydrogen) atoms. The molecule has 0 saturated carbocycles. The Labute approximate surface area is 83.0 Å². The molecule has 0 N–H and O–H groups in total. The van der Waals surface area contributed by atoms with E-state index in [1.807, 2.05) is 0 Å². The van der Waals surface area contributed by atoms with Crippen LogP contribution in [-0.4, -0.2) is 5.25 Å². The van der Waals surface area contributed by atoms with E-state index < -0.39 is 0 Å². The third-order valence-corrected chi connectivity index (χ3v) is 4.53. The molecular formula is C12H12S. The Morgan fingerprint density at radius 3 is 2.54 bits per heavy atom. The van der Waals surface area contributed by atoms with Crippen molar-refractivity contribution in [2.45, 2.75) is 16.9 Å². The SMILES string of the molecule is C1=C[C@H]2C[C@@H]1SC2c1ccccc1. The highest BCUT2D eigenvalue weighted by atomic mass is 32.2. The average molecular weight is 188 g/mol. The van der Waals surface area contributed by atoms with Crippen LogP contribution >= 0.6 is 11.8 Å². The zero-order valence-corrected chi connectivity index (χ0v) is 8.21. The fourth-order valence-electron chi connectivity index (χ4n) is 2.28. The molecule has 0 radical (unpaired) electrons. The molecule has 3 atom stereocenters. The van der Waals surface area contributed by atoms with Crippen LogP contribution in [0.1, 0.15) is 17.2 Å². The van der Waals surface area contributed by atoms with E-state index in [1.165, 1.54) is 12.0 Å². The van der Waals surface area contributed by atoms with Gasteiger partial charge in [-0.15, -0.1) is 11.8 Å². The normalized spacial score (nSPS) is 35.5. The Morgan fingerprint density at radius 1 is 1.08 bits per heavy atom. The number of allylic oxidation sites excluding steroid dienone is 1. The summed E-state index contributed by atoms with van der Waals surface area (Å²) < 4.78 is 0. The molecule has 1 unspecified atom stereocenters. The maximum atomic E-state index is 2.40. The molecule has 1 aliphatic carbocycles. The highest BCUT2D eigenvalue weighted by molar-refractivity contribution is 8.00. The molecule has 0 aromatic heterocycles. The maximum absolute atomic E-state index is 2.40. The van der Waals surface area contributed by atoms with E-state index in [1.54, 1.807) is 0 Å². The van der Waals surface area contributed by atoms with Crippen molar-refractivity contribution in [3.8, 4) is 0 Å². The van der Waals surface area contributed by atoms with Crippen LogP contribution in [0.3, 0.4) is 0 Å². The quantitative estimate of drug-likeness (QED) is 0.608. The molecule has 2 bridgehead atoms. The molecule has 66 valence electrons. The third kappa shape index (κ3) is 1.22. The zero-order valence-electron chi connectivity index (χ0n) is 7.39. The average Bonchev–Trinajstić information content (AvgIpc) is 2.80. The molecular weight excluding hydrogens is 176 g/mol. The predicted molar refractivity (Wildman–Crippen MR) is 57.8 cm³/mol. The number of hydrogen-bond acceptors (Lipinski definition) is 1. The van der Waals surface area contributed by atoms with E-state index in [0.29, 0.717) is 0 Å². The van der Waals surface area contributed by atoms with E-state index >= 15 is 0 Å². The predicted octanol–water partition coefficient (Wildman–Crippen LogP) is 3.42. The van der Waals surface area contributed by atoms with E-state index in [9.17, 15) is 0 Å². The summed E-state index contributed by atoms with van der Waals surface area (Å²) in [6, 6.07) is 10.9. The van der Waals surface area contributed by atoms with E-state index in [2.05, 4.69) is 54.2 Å². The lowest BCUT2D eigenvalue weighted by Crippen LogP contribution is -2.00. The van der Waals surface area contributed by atoms with Gasteiger partial charge in [0.15, 0.2) is 0 Å². The Kier molecular flexibility index (Phi) is 1.72. The minimum Gasteiger partial charge on any atom is -0.146 e. The number of thioether (sulfide) groups is 1. The lowest BCUT2D eigenvalue weighted by molar-refractivity contribution is 0.658. The van der Waals surface area contributed by atoms with Gasteiger partial charge in [-0.1, -0.05) is 42.5 Å². The minimum absolute atomic E-state index is 0.733. The monoisotopic (exact) mass is 188 g/mol. The van der Waals surface area contributed by atoms with E-state index in [4.69, 9.17) is 0 Å². The summed E-state index contributed by atoms with van der Waals surface area (Å²) in [7, 11) is 0. The molecule has 1 fully saturated rings. The van der Waals surface area contributed by atoms with Gasteiger partial charge in [-0.25, -0.2) is 0 Å². The standard InChI is InChI=1S/C12H12S/c1-2-4-9(5-3-1)12-10-6-7-11(8-10)13-12/h1-7,10-12H,8H2/t10-,11+,12?/m0/s1. The van der Waals surface area contributed by atoms with Crippen molar-refractivity contribution in [3.63, 3.8) is 0 Å². The van der Waals surface area contributed by atoms with Gasteiger partial charge < -0.3 is 0 Å². The van der Waals surface area contributed by atoms with Crippen molar-refractivity contribution in [3.05, 3.63) is 48.0 Å². The van der Waals surface area contributed by atoms with Crippen molar-refractivity contribution in [1.82, 2.24) is 0 Å². The summed E-state index contributed by atoms with van der Waals surface area (Å²) in [5.41, 5.74) is 1.50. The summed E-state index contributed by atoms with van der Waals surface area (Å²) >= 11 is 2.13. The first-order chi connectivity index (χ1) is 6.43. The van der Waals surface area contributed by atoms with Crippen molar-refractivity contribution in [1.29, 1.82) is 0 Å². The van der Waals surface area contributed by atoms with Gasteiger partial charge in [0.1, 0.15) is 0 Å². The fourth-order valence-corrected chi connectivity index (χ4v) is 3.88. The Hall–Kier alpha value is -0.690. The van der Waals surface area contributed by atoms with Crippen LogP contribution in [0.4, 0.5) is 0 Å². The second-order valence-electron chi connectivity index (χ2n) is 3.79. The molecule has 3 rings (SSSR count). The van der Waals surface area contributed by atoms with Crippen molar-refractivity contribution in [2.75, 3.05) is 0 Å². The third-order valence-electron chi connectivity index (χ3n) is 2.92. The van der Waals surface area contributed by atoms with Crippen LogP contribution in [0.2, 0.25) is 0 Å². The minimum atomic E-state index is 0.733. The first-order valence-corrected chi connectivity index (χ1v) is 5.76. The number of hydrogen-bond donors (Lipinski definition) is 0. The van der Waals surface area contributed by atoms with Crippen molar-refractivity contribution < 1.29 is 0 Å². The fraction of sp³-hybridized carbons (Fsp3) is 0.333. The summed E-state index contributed by atoms with van der Waals surface area (Å²) in [6.45, 7) is 0. The highest BCUT2D eigenvalue weighted by Gasteiger charge is 2.36. The first-order valence-electron chi connectivity index (χ1n) is 4.82. The molecule has 1 aromatic rings. The molecule has 1 heterocycles. The number of fused-ring (bicyclic) bond motifs is 2. The highest BCUT2D eigenvalue weighted by Crippen LogP contribution is 2.53. The van der Waals surface area contributed by atoms with Gasteiger partial charge in [0, 0.05) is 10.5 Å². The molecule has 0 amide bonds. The molecule has 1 heteroatoms. The second kappa shape index (κ2) is 2.91. The van der Waals surface area contributed by atoms with Gasteiger partial charge >= 0.3 is 0 Å². The molecule has 2 aliphatic rings. The number of benzene rings is 1. The van der Waals surface area contributed by atoms with Crippen molar-refractivity contribution >= 4 is 11.8 Å². The van der Waals surface area contributed by atoms with Crippen LogP contribution in [-0.2, 0) is 0 Å². The van der Waals surface area contributed by atoms with Gasteiger partial charge in [0.25, 0.3) is 0 Å². The Morgan fingerprint density at radius 2 is 1.92 bits per heavy atom. The second-order valence-corrected chi connectivity index (χ2v) is 5.18. The van der Waals surface area contributed by atoms with Gasteiger partial charge in [-0.05, 0) is 17.9 Å². The summed E-state index contributed by atoms with van der Waals surface area (Å²) in [6.07, 6.45) is 6.14. The van der Waals surface area contributed by atoms with Crippen LogP contribution in [0.25, 0.3) is 0 Å². The summed E-state index contributed by atoms with van der Waals surface area (Å²) in [5.74, 6) is 0.803.